The smallest absolute Gasteiger partial charge is 0.242 e. The van der Waals surface area contributed by atoms with Gasteiger partial charge in [-0.2, -0.15) is 0 Å². The zero-order valence-electron chi connectivity index (χ0n) is 12.6. The Balaban J connectivity index is 1.72. The van der Waals surface area contributed by atoms with E-state index >= 15 is 0 Å². The summed E-state index contributed by atoms with van der Waals surface area (Å²) in [4.78, 5) is 12.3. The average molecular weight is 308 g/mol. The highest BCUT2D eigenvalue weighted by molar-refractivity contribution is 5.53. The van der Waals surface area contributed by atoms with Gasteiger partial charge in [0, 0.05) is 30.7 Å². The summed E-state index contributed by atoms with van der Waals surface area (Å²) in [6.45, 7) is 0.589. The van der Waals surface area contributed by atoms with Gasteiger partial charge in [0.2, 0.25) is 5.88 Å². The minimum atomic E-state index is 0.509. The molecule has 0 atom stereocenters. The van der Waals surface area contributed by atoms with Crippen LogP contribution in [0, 0.1) is 0 Å². The Kier molecular flexibility index (Phi) is 4.63. The lowest BCUT2D eigenvalue weighted by atomic mass is 10.3. The second-order valence-corrected chi connectivity index (χ2v) is 4.73. The highest BCUT2D eigenvalue weighted by Gasteiger charge is 2.06. The van der Waals surface area contributed by atoms with E-state index in [1.54, 1.807) is 25.7 Å². The van der Waals surface area contributed by atoms with E-state index in [2.05, 4.69) is 20.3 Å². The number of nitrogens with one attached hydrogen (secondary N) is 1. The zero-order valence-corrected chi connectivity index (χ0v) is 12.6. The van der Waals surface area contributed by atoms with Crippen molar-refractivity contribution in [3.05, 3.63) is 66.9 Å². The van der Waals surface area contributed by atoms with Crippen LogP contribution in [0.2, 0.25) is 0 Å². The quantitative estimate of drug-likeness (QED) is 0.753. The molecule has 3 aromatic rings. The lowest BCUT2D eigenvalue weighted by molar-refractivity contribution is 0.412. The fourth-order valence-corrected chi connectivity index (χ4v) is 1.98. The molecule has 6 heteroatoms. The first-order chi connectivity index (χ1) is 11.3. The number of hydrogen-bond acceptors (Lipinski definition) is 6. The molecule has 0 radical (unpaired) electrons. The highest BCUT2D eigenvalue weighted by Crippen LogP contribution is 2.28. The number of methoxy groups -OCH3 is 1. The predicted molar refractivity (Wildman–Crippen MR) is 86.7 cm³/mol. The summed E-state index contributed by atoms with van der Waals surface area (Å²) in [5.74, 6) is 1.98. The maximum Gasteiger partial charge on any atom is 0.242 e. The number of rotatable bonds is 6. The van der Waals surface area contributed by atoms with Crippen molar-refractivity contribution in [2.24, 2.45) is 0 Å². The van der Waals surface area contributed by atoms with E-state index in [0.29, 0.717) is 18.2 Å². The molecule has 116 valence electrons. The van der Waals surface area contributed by atoms with E-state index in [4.69, 9.17) is 9.47 Å². The molecule has 2 aromatic heterocycles. The van der Waals surface area contributed by atoms with Gasteiger partial charge in [-0.05, 0) is 36.4 Å². The summed E-state index contributed by atoms with van der Waals surface area (Å²) in [7, 11) is 1.63. The topological polar surface area (TPSA) is 69.2 Å². The molecule has 0 spiro atoms. The summed E-state index contributed by atoms with van der Waals surface area (Å²) >= 11 is 0. The van der Waals surface area contributed by atoms with Crippen molar-refractivity contribution in [3.8, 4) is 17.4 Å². The molecule has 0 fully saturated rings. The van der Waals surface area contributed by atoms with Crippen LogP contribution in [0.5, 0.6) is 17.4 Å². The van der Waals surface area contributed by atoms with Crippen molar-refractivity contribution in [1.82, 2.24) is 15.0 Å². The Hall–Kier alpha value is -3.15. The third kappa shape index (κ3) is 3.94. The lowest BCUT2D eigenvalue weighted by Gasteiger charge is -2.12. The highest BCUT2D eigenvalue weighted by atomic mass is 16.5. The summed E-state index contributed by atoms with van der Waals surface area (Å²) in [6, 6.07) is 11.1. The molecule has 0 bridgehead atoms. The van der Waals surface area contributed by atoms with Gasteiger partial charge in [0.15, 0.2) is 0 Å². The molecule has 0 saturated heterocycles. The van der Waals surface area contributed by atoms with Crippen LogP contribution in [0.3, 0.4) is 0 Å². The molecule has 0 saturated carbocycles. The maximum absolute atomic E-state index is 5.84. The third-order valence-corrected chi connectivity index (χ3v) is 3.14. The summed E-state index contributed by atoms with van der Waals surface area (Å²) in [6.07, 6.45) is 6.72. The average Bonchev–Trinajstić information content (AvgIpc) is 2.62. The lowest BCUT2D eigenvalue weighted by Crippen LogP contribution is -2.02. The largest absolute Gasteiger partial charge is 0.497 e. The first kappa shape index (κ1) is 14.8. The van der Waals surface area contributed by atoms with Crippen LogP contribution < -0.4 is 14.8 Å². The van der Waals surface area contributed by atoms with Gasteiger partial charge < -0.3 is 14.8 Å². The van der Waals surface area contributed by atoms with Crippen molar-refractivity contribution >= 4 is 5.69 Å². The Morgan fingerprint density at radius 3 is 2.48 bits per heavy atom. The van der Waals surface area contributed by atoms with Crippen LogP contribution >= 0.6 is 0 Å². The Morgan fingerprint density at radius 1 is 1.00 bits per heavy atom. The number of hydrogen-bond donors (Lipinski definition) is 1. The zero-order chi connectivity index (χ0) is 15.9. The molecule has 0 aliphatic heterocycles. The van der Waals surface area contributed by atoms with Crippen LogP contribution in [0.25, 0.3) is 0 Å². The molecule has 1 N–H and O–H groups in total. The molecule has 3 rings (SSSR count). The fraction of sp³-hybridized carbons (Fsp3) is 0.118. The Morgan fingerprint density at radius 2 is 1.74 bits per heavy atom. The Labute approximate surface area is 134 Å². The first-order valence-corrected chi connectivity index (χ1v) is 7.10. The van der Waals surface area contributed by atoms with Crippen LogP contribution in [0.1, 0.15) is 5.56 Å². The number of ether oxygens (including phenoxy) is 2. The van der Waals surface area contributed by atoms with Gasteiger partial charge in [-0.15, -0.1) is 0 Å². The SMILES string of the molecule is COc1ccc(Oc2ncccc2NCc2cncnc2)cc1. The number of anilines is 1. The third-order valence-electron chi connectivity index (χ3n) is 3.14. The molecular weight excluding hydrogens is 292 g/mol. The van der Waals surface area contributed by atoms with Gasteiger partial charge in [-0.1, -0.05) is 0 Å². The van der Waals surface area contributed by atoms with E-state index < -0.39 is 0 Å². The number of nitrogens with zero attached hydrogens (tertiary/aromatic N) is 3. The van der Waals surface area contributed by atoms with Gasteiger partial charge in [-0.3, -0.25) is 0 Å². The normalized spacial score (nSPS) is 10.1. The summed E-state index contributed by atoms with van der Waals surface area (Å²) in [5, 5.41) is 3.28. The minimum Gasteiger partial charge on any atom is -0.497 e. The van der Waals surface area contributed by atoms with E-state index in [0.717, 1.165) is 17.0 Å². The number of aromatic nitrogens is 3. The molecule has 0 aliphatic carbocycles. The number of benzene rings is 1. The minimum absolute atomic E-state index is 0.509. The van der Waals surface area contributed by atoms with Crippen LogP contribution in [-0.4, -0.2) is 22.1 Å². The molecule has 0 amide bonds. The molecule has 1 aromatic carbocycles. The van der Waals surface area contributed by atoms with Crippen molar-refractivity contribution in [1.29, 1.82) is 0 Å². The van der Waals surface area contributed by atoms with E-state index in [9.17, 15) is 0 Å². The second-order valence-electron chi connectivity index (χ2n) is 4.73. The molecule has 0 unspecified atom stereocenters. The van der Waals surface area contributed by atoms with Crippen LogP contribution in [0.15, 0.2) is 61.3 Å². The van der Waals surface area contributed by atoms with Gasteiger partial charge in [-0.25, -0.2) is 15.0 Å². The van der Waals surface area contributed by atoms with Crippen LogP contribution in [-0.2, 0) is 6.54 Å². The van der Waals surface area contributed by atoms with Crippen molar-refractivity contribution < 1.29 is 9.47 Å². The molecular formula is C17H16N4O2. The summed E-state index contributed by atoms with van der Waals surface area (Å²) < 4.78 is 11.0. The van der Waals surface area contributed by atoms with Crippen molar-refractivity contribution in [2.75, 3.05) is 12.4 Å². The number of pyridine rings is 1. The first-order valence-electron chi connectivity index (χ1n) is 7.10. The molecule has 23 heavy (non-hydrogen) atoms. The molecule has 2 heterocycles. The van der Waals surface area contributed by atoms with E-state index in [-0.39, 0.29) is 0 Å². The van der Waals surface area contributed by atoms with Gasteiger partial charge in [0.05, 0.1) is 12.8 Å². The van der Waals surface area contributed by atoms with Crippen molar-refractivity contribution in [3.63, 3.8) is 0 Å². The van der Waals surface area contributed by atoms with Gasteiger partial charge in [0.1, 0.15) is 17.8 Å². The monoisotopic (exact) mass is 308 g/mol. The Bertz CT molecular complexity index is 748. The fourth-order valence-electron chi connectivity index (χ4n) is 1.98. The van der Waals surface area contributed by atoms with E-state index in [1.165, 1.54) is 6.33 Å². The van der Waals surface area contributed by atoms with Crippen molar-refractivity contribution in [2.45, 2.75) is 6.54 Å². The van der Waals surface area contributed by atoms with Gasteiger partial charge in [0.25, 0.3) is 0 Å². The molecule has 0 aliphatic rings. The second kappa shape index (κ2) is 7.22. The maximum atomic E-state index is 5.84. The molecule has 6 nitrogen and oxygen atoms in total. The summed E-state index contributed by atoms with van der Waals surface area (Å²) in [5.41, 5.74) is 1.78. The van der Waals surface area contributed by atoms with Crippen LogP contribution in [0.4, 0.5) is 5.69 Å². The predicted octanol–water partition coefficient (Wildman–Crippen LogP) is 3.28. The standard InChI is InChI=1S/C17H16N4O2/c1-22-14-4-6-15(7-5-14)23-17-16(3-2-8-20-17)21-11-13-9-18-12-19-10-13/h2-10,12,21H,11H2,1H3. The van der Waals surface area contributed by atoms with Gasteiger partial charge >= 0.3 is 0 Å². The van der Waals surface area contributed by atoms with E-state index in [1.807, 2.05) is 36.4 Å².